The van der Waals surface area contributed by atoms with Crippen LogP contribution in [0.2, 0.25) is 0 Å². The second kappa shape index (κ2) is 6.18. The molecule has 1 aromatic carbocycles. The zero-order chi connectivity index (χ0) is 13.8. The third-order valence-electron chi connectivity index (χ3n) is 2.73. The SMILES string of the molecule is CCCC(NCC)c1cc(C(F)(F)F)ccc1F. The van der Waals surface area contributed by atoms with E-state index < -0.39 is 17.6 Å². The summed E-state index contributed by atoms with van der Waals surface area (Å²) in [6.45, 7) is 4.34. The maximum Gasteiger partial charge on any atom is 0.416 e. The van der Waals surface area contributed by atoms with Gasteiger partial charge in [-0.1, -0.05) is 20.3 Å². The van der Waals surface area contributed by atoms with Crippen molar-refractivity contribution < 1.29 is 17.6 Å². The fourth-order valence-corrected chi connectivity index (χ4v) is 1.89. The molecule has 1 nitrogen and oxygen atoms in total. The molecule has 1 aromatic rings. The predicted molar refractivity (Wildman–Crippen MR) is 62.7 cm³/mol. The number of hydrogen-bond donors (Lipinski definition) is 1. The Morgan fingerprint density at radius 3 is 2.39 bits per heavy atom. The Morgan fingerprint density at radius 2 is 1.89 bits per heavy atom. The van der Waals surface area contributed by atoms with Gasteiger partial charge >= 0.3 is 6.18 Å². The molecule has 0 aliphatic heterocycles. The molecule has 1 rings (SSSR count). The summed E-state index contributed by atoms with van der Waals surface area (Å²) >= 11 is 0. The molecule has 0 heterocycles. The number of rotatable bonds is 5. The van der Waals surface area contributed by atoms with Gasteiger partial charge in [-0.3, -0.25) is 0 Å². The van der Waals surface area contributed by atoms with Crippen molar-refractivity contribution in [2.24, 2.45) is 0 Å². The zero-order valence-electron chi connectivity index (χ0n) is 10.4. The van der Waals surface area contributed by atoms with E-state index in [1.54, 1.807) is 0 Å². The van der Waals surface area contributed by atoms with E-state index in [0.717, 1.165) is 24.6 Å². The molecule has 0 spiro atoms. The molecule has 0 aromatic heterocycles. The molecule has 0 aliphatic carbocycles. The van der Waals surface area contributed by atoms with Crippen molar-refractivity contribution in [3.63, 3.8) is 0 Å². The van der Waals surface area contributed by atoms with Crippen LogP contribution in [0.4, 0.5) is 17.6 Å². The Morgan fingerprint density at radius 1 is 1.22 bits per heavy atom. The summed E-state index contributed by atoms with van der Waals surface area (Å²) in [5.74, 6) is -0.595. The van der Waals surface area contributed by atoms with Crippen molar-refractivity contribution in [1.82, 2.24) is 5.32 Å². The number of alkyl halides is 3. The lowest BCUT2D eigenvalue weighted by Crippen LogP contribution is -2.22. The van der Waals surface area contributed by atoms with E-state index >= 15 is 0 Å². The van der Waals surface area contributed by atoms with E-state index in [2.05, 4.69) is 5.32 Å². The van der Waals surface area contributed by atoms with Gasteiger partial charge in [0, 0.05) is 11.6 Å². The highest BCUT2D eigenvalue weighted by molar-refractivity contribution is 5.29. The van der Waals surface area contributed by atoms with Gasteiger partial charge in [-0.25, -0.2) is 4.39 Å². The lowest BCUT2D eigenvalue weighted by molar-refractivity contribution is -0.137. The Labute approximate surface area is 104 Å². The molecule has 18 heavy (non-hydrogen) atoms. The number of halogens is 4. The summed E-state index contributed by atoms with van der Waals surface area (Å²) in [4.78, 5) is 0. The Balaban J connectivity index is 3.11. The Hall–Kier alpha value is -1.10. The Bertz CT molecular complexity index is 381. The molecular formula is C13H17F4N. The van der Waals surface area contributed by atoms with Crippen molar-refractivity contribution in [3.05, 3.63) is 35.1 Å². The summed E-state index contributed by atoms with van der Waals surface area (Å²) in [5, 5.41) is 3.01. The van der Waals surface area contributed by atoms with Gasteiger partial charge in [-0.2, -0.15) is 13.2 Å². The van der Waals surface area contributed by atoms with Gasteiger partial charge in [-0.15, -0.1) is 0 Å². The molecular weight excluding hydrogens is 246 g/mol. The predicted octanol–water partition coefficient (Wildman–Crippen LogP) is 4.30. The standard InChI is InChI=1S/C13H17F4N/c1-3-5-12(18-4-2)10-8-9(13(15,16)17)6-7-11(10)14/h6-8,12,18H,3-5H2,1-2H3. The maximum atomic E-state index is 13.6. The van der Waals surface area contributed by atoms with Gasteiger partial charge in [0.05, 0.1) is 5.56 Å². The molecule has 0 fully saturated rings. The molecule has 0 aliphatic rings. The van der Waals surface area contributed by atoms with Crippen LogP contribution < -0.4 is 5.32 Å². The van der Waals surface area contributed by atoms with Gasteiger partial charge in [0.25, 0.3) is 0 Å². The molecule has 0 amide bonds. The molecule has 0 saturated carbocycles. The second-order valence-corrected chi connectivity index (χ2v) is 4.13. The molecule has 1 N–H and O–H groups in total. The fourth-order valence-electron chi connectivity index (χ4n) is 1.89. The third-order valence-corrected chi connectivity index (χ3v) is 2.73. The van der Waals surface area contributed by atoms with Crippen molar-refractivity contribution in [3.8, 4) is 0 Å². The van der Waals surface area contributed by atoms with E-state index in [0.29, 0.717) is 13.0 Å². The van der Waals surface area contributed by atoms with Crippen LogP contribution in [-0.4, -0.2) is 6.54 Å². The summed E-state index contributed by atoms with van der Waals surface area (Å²) in [6.07, 6.45) is -3.06. The van der Waals surface area contributed by atoms with Crippen molar-refractivity contribution in [2.45, 2.75) is 38.9 Å². The van der Waals surface area contributed by atoms with E-state index in [-0.39, 0.29) is 11.6 Å². The first-order valence-electron chi connectivity index (χ1n) is 6.00. The molecule has 0 radical (unpaired) electrons. The van der Waals surface area contributed by atoms with Crippen LogP contribution in [0.25, 0.3) is 0 Å². The quantitative estimate of drug-likeness (QED) is 0.781. The smallest absolute Gasteiger partial charge is 0.310 e. The first-order chi connectivity index (χ1) is 8.40. The van der Waals surface area contributed by atoms with Crippen LogP contribution in [0.15, 0.2) is 18.2 Å². The van der Waals surface area contributed by atoms with Crippen LogP contribution in [0.1, 0.15) is 43.9 Å². The van der Waals surface area contributed by atoms with E-state index in [1.807, 2.05) is 13.8 Å². The topological polar surface area (TPSA) is 12.0 Å². The van der Waals surface area contributed by atoms with Crippen LogP contribution in [0.5, 0.6) is 0 Å². The maximum absolute atomic E-state index is 13.6. The summed E-state index contributed by atoms with van der Waals surface area (Å²) in [5.41, 5.74) is -0.716. The van der Waals surface area contributed by atoms with Crippen molar-refractivity contribution in [1.29, 1.82) is 0 Å². The first-order valence-corrected chi connectivity index (χ1v) is 6.00. The van der Waals surface area contributed by atoms with Gasteiger partial charge in [0.15, 0.2) is 0 Å². The monoisotopic (exact) mass is 263 g/mol. The minimum Gasteiger partial charge on any atom is -0.310 e. The Kier molecular flexibility index (Phi) is 5.14. The number of benzene rings is 1. The number of hydrogen-bond acceptors (Lipinski definition) is 1. The highest BCUT2D eigenvalue weighted by Gasteiger charge is 2.31. The van der Waals surface area contributed by atoms with Crippen molar-refractivity contribution >= 4 is 0 Å². The summed E-state index contributed by atoms with van der Waals surface area (Å²) in [7, 11) is 0. The second-order valence-electron chi connectivity index (χ2n) is 4.13. The van der Waals surface area contributed by atoms with E-state index in [4.69, 9.17) is 0 Å². The summed E-state index contributed by atoms with van der Waals surface area (Å²) < 4.78 is 51.4. The first kappa shape index (κ1) is 15.0. The minimum atomic E-state index is -4.44. The van der Waals surface area contributed by atoms with Crippen LogP contribution >= 0.6 is 0 Å². The van der Waals surface area contributed by atoms with E-state index in [1.165, 1.54) is 0 Å². The average Bonchev–Trinajstić information content (AvgIpc) is 2.28. The molecule has 1 atom stereocenters. The van der Waals surface area contributed by atoms with Crippen LogP contribution in [0.3, 0.4) is 0 Å². The largest absolute Gasteiger partial charge is 0.416 e. The van der Waals surface area contributed by atoms with Gasteiger partial charge in [-0.05, 0) is 31.2 Å². The molecule has 5 heteroatoms. The summed E-state index contributed by atoms with van der Waals surface area (Å²) in [6, 6.07) is 2.19. The van der Waals surface area contributed by atoms with Gasteiger partial charge in [0.2, 0.25) is 0 Å². The average molecular weight is 263 g/mol. The third kappa shape index (κ3) is 3.70. The van der Waals surface area contributed by atoms with Gasteiger partial charge in [0.1, 0.15) is 5.82 Å². The lowest BCUT2D eigenvalue weighted by Gasteiger charge is -2.19. The van der Waals surface area contributed by atoms with Gasteiger partial charge < -0.3 is 5.32 Å². The molecule has 1 unspecified atom stereocenters. The fraction of sp³-hybridized carbons (Fsp3) is 0.538. The highest BCUT2D eigenvalue weighted by Crippen LogP contribution is 2.32. The number of nitrogens with one attached hydrogen (secondary N) is 1. The minimum absolute atomic E-state index is 0.0912. The molecule has 0 bridgehead atoms. The normalized spacial score (nSPS) is 13.7. The van der Waals surface area contributed by atoms with Crippen LogP contribution in [-0.2, 0) is 6.18 Å². The molecule has 0 saturated heterocycles. The van der Waals surface area contributed by atoms with E-state index in [9.17, 15) is 17.6 Å². The van der Waals surface area contributed by atoms with Crippen molar-refractivity contribution in [2.75, 3.05) is 6.54 Å². The van der Waals surface area contributed by atoms with Crippen LogP contribution in [0, 0.1) is 5.82 Å². The lowest BCUT2D eigenvalue weighted by atomic mass is 9.99. The molecule has 102 valence electrons. The zero-order valence-corrected chi connectivity index (χ0v) is 10.4. The highest BCUT2D eigenvalue weighted by atomic mass is 19.4.